The van der Waals surface area contributed by atoms with Gasteiger partial charge in [0.15, 0.2) is 0 Å². The topological polar surface area (TPSA) is 183 Å². The Bertz CT molecular complexity index is 558. The normalized spacial score (nSPS) is 10.2. The zero-order valence-corrected chi connectivity index (χ0v) is 17.3. The van der Waals surface area contributed by atoms with E-state index < -0.39 is 23.4 Å². The van der Waals surface area contributed by atoms with Crippen molar-refractivity contribution >= 4 is 12.2 Å². The molecule has 160 valence electrons. The van der Waals surface area contributed by atoms with E-state index in [4.69, 9.17) is 25.3 Å². The monoisotopic (exact) mass is 402 g/mol. The fourth-order valence-electron chi connectivity index (χ4n) is 1.24. The first-order valence-corrected chi connectivity index (χ1v) is 8.44. The lowest BCUT2D eigenvalue weighted by Gasteiger charge is -2.19. The number of alkyl carbamates (subject to hydrolysis) is 2. The summed E-state index contributed by atoms with van der Waals surface area (Å²) in [5, 5.41) is 11.2. The highest BCUT2D eigenvalue weighted by atomic mass is 16.6. The predicted octanol–water partition coefficient (Wildman–Crippen LogP) is 3.62. The van der Waals surface area contributed by atoms with Crippen molar-refractivity contribution in [2.24, 2.45) is 10.2 Å². The summed E-state index contributed by atoms with van der Waals surface area (Å²) in [7, 11) is 0. The van der Waals surface area contributed by atoms with E-state index in [1.165, 1.54) is 0 Å². The van der Waals surface area contributed by atoms with Gasteiger partial charge >= 0.3 is 12.2 Å². The van der Waals surface area contributed by atoms with Crippen LogP contribution in [0.5, 0.6) is 0 Å². The fourth-order valence-corrected chi connectivity index (χ4v) is 1.24. The van der Waals surface area contributed by atoms with Gasteiger partial charge in [0, 0.05) is 22.9 Å². The second-order valence-electron chi connectivity index (χ2n) is 7.06. The Labute approximate surface area is 164 Å². The maximum Gasteiger partial charge on any atom is 0.407 e. The molecule has 0 saturated heterocycles. The SMILES string of the molecule is CC(C)(C)OC(=O)NCCOCCN=[N+]=[N-].CC(C)(C)OC(=O)NCN=[N+]=[N-]. The number of carbonyl (C=O) groups is 2. The van der Waals surface area contributed by atoms with Gasteiger partial charge in [0.05, 0.1) is 19.9 Å². The third kappa shape index (κ3) is 25.4. The summed E-state index contributed by atoms with van der Waals surface area (Å²) >= 11 is 0. The van der Waals surface area contributed by atoms with Gasteiger partial charge in [-0.25, -0.2) is 9.59 Å². The second kappa shape index (κ2) is 15.2. The zero-order valence-electron chi connectivity index (χ0n) is 17.3. The van der Waals surface area contributed by atoms with Gasteiger partial charge in [-0.3, -0.25) is 0 Å². The molecule has 0 atom stereocenters. The summed E-state index contributed by atoms with van der Waals surface area (Å²) in [6.07, 6.45) is -1.05. The number of amides is 2. The van der Waals surface area contributed by atoms with Crippen LogP contribution in [-0.4, -0.2) is 56.4 Å². The Hall–Kier alpha value is -2.88. The minimum absolute atomic E-state index is 0.0919. The molecule has 0 fully saturated rings. The molecule has 13 heteroatoms. The van der Waals surface area contributed by atoms with Gasteiger partial charge in [-0.15, -0.1) is 0 Å². The molecule has 0 unspecified atom stereocenters. The Morgan fingerprint density at radius 3 is 1.82 bits per heavy atom. The predicted molar refractivity (Wildman–Crippen MR) is 102 cm³/mol. The van der Waals surface area contributed by atoms with Gasteiger partial charge in [0.1, 0.15) is 11.2 Å². The van der Waals surface area contributed by atoms with Crippen molar-refractivity contribution in [3.63, 3.8) is 0 Å². The van der Waals surface area contributed by atoms with Gasteiger partial charge in [-0.2, -0.15) is 0 Å². The van der Waals surface area contributed by atoms with Crippen LogP contribution in [0.4, 0.5) is 9.59 Å². The van der Waals surface area contributed by atoms with Crippen molar-refractivity contribution < 1.29 is 23.8 Å². The quantitative estimate of drug-likeness (QED) is 0.271. The molecular formula is C15H30N8O5. The van der Waals surface area contributed by atoms with Crippen molar-refractivity contribution in [1.29, 1.82) is 0 Å². The fraction of sp³-hybridized carbons (Fsp3) is 0.867. The highest BCUT2D eigenvalue weighted by molar-refractivity contribution is 5.67. The molecule has 0 aromatic rings. The number of hydrogen-bond donors (Lipinski definition) is 2. The molecule has 0 aliphatic carbocycles. The molecule has 0 aliphatic heterocycles. The first kappa shape index (κ1) is 27.3. The standard InChI is InChI=1S/C9H18N4O3.C6H12N4O2/c1-9(2,3)16-8(14)11-4-6-15-7-5-12-13-10;1-6(2,3)12-5(11)8-4-9-10-7/h4-7H2,1-3H3,(H,11,14);4H2,1-3H3,(H,8,11). The zero-order chi connectivity index (χ0) is 22.1. The third-order valence-electron chi connectivity index (χ3n) is 2.07. The van der Waals surface area contributed by atoms with Crippen LogP contribution in [0, 0.1) is 0 Å². The van der Waals surface area contributed by atoms with Crippen molar-refractivity contribution in [2.75, 3.05) is 33.0 Å². The number of ether oxygens (including phenoxy) is 3. The van der Waals surface area contributed by atoms with E-state index >= 15 is 0 Å². The molecule has 0 radical (unpaired) electrons. The highest BCUT2D eigenvalue weighted by Gasteiger charge is 2.15. The molecule has 0 heterocycles. The van der Waals surface area contributed by atoms with Crippen LogP contribution in [0.1, 0.15) is 41.5 Å². The van der Waals surface area contributed by atoms with Crippen LogP contribution in [-0.2, 0) is 14.2 Å². The van der Waals surface area contributed by atoms with E-state index in [0.717, 1.165) is 0 Å². The smallest absolute Gasteiger partial charge is 0.407 e. The van der Waals surface area contributed by atoms with Crippen molar-refractivity contribution in [2.45, 2.75) is 52.7 Å². The Morgan fingerprint density at radius 2 is 1.36 bits per heavy atom. The minimum Gasteiger partial charge on any atom is -0.444 e. The van der Waals surface area contributed by atoms with Crippen molar-refractivity contribution in [1.82, 2.24) is 10.6 Å². The van der Waals surface area contributed by atoms with E-state index in [-0.39, 0.29) is 6.67 Å². The van der Waals surface area contributed by atoms with E-state index in [2.05, 4.69) is 30.7 Å². The van der Waals surface area contributed by atoms with E-state index in [1.807, 2.05) is 0 Å². The number of rotatable bonds is 8. The number of hydrogen-bond acceptors (Lipinski definition) is 7. The van der Waals surface area contributed by atoms with Crippen LogP contribution in [0.25, 0.3) is 20.9 Å². The minimum atomic E-state index is -0.588. The Kier molecular flexibility index (Phi) is 14.8. The molecule has 2 N–H and O–H groups in total. The summed E-state index contributed by atoms with van der Waals surface area (Å²) < 4.78 is 14.9. The molecule has 0 spiro atoms. The Balaban J connectivity index is 0. The first-order chi connectivity index (χ1) is 12.9. The largest absolute Gasteiger partial charge is 0.444 e. The lowest BCUT2D eigenvalue weighted by molar-refractivity contribution is 0.0498. The highest BCUT2D eigenvalue weighted by Crippen LogP contribution is 2.06. The van der Waals surface area contributed by atoms with E-state index in [1.54, 1.807) is 41.5 Å². The molecule has 0 rings (SSSR count). The van der Waals surface area contributed by atoms with Crippen LogP contribution < -0.4 is 10.6 Å². The second-order valence-corrected chi connectivity index (χ2v) is 7.06. The van der Waals surface area contributed by atoms with Gasteiger partial charge in [0.25, 0.3) is 0 Å². The summed E-state index contributed by atoms with van der Waals surface area (Å²) in [6, 6.07) is 0. The molecule has 0 saturated carbocycles. The van der Waals surface area contributed by atoms with Crippen molar-refractivity contribution in [3.05, 3.63) is 20.9 Å². The molecule has 0 aromatic heterocycles. The van der Waals surface area contributed by atoms with Gasteiger partial charge in [-0.1, -0.05) is 10.2 Å². The molecule has 0 bridgehead atoms. The number of azide groups is 2. The summed E-state index contributed by atoms with van der Waals surface area (Å²) in [5.74, 6) is 0. The van der Waals surface area contributed by atoms with Crippen LogP contribution in [0.2, 0.25) is 0 Å². The number of nitrogens with zero attached hydrogens (tertiary/aromatic N) is 6. The summed E-state index contributed by atoms with van der Waals surface area (Å²) in [6.45, 7) is 11.9. The Morgan fingerprint density at radius 1 is 0.857 bits per heavy atom. The summed E-state index contributed by atoms with van der Waals surface area (Å²) in [4.78, 5) is 27.0. The van der Waals surface area contributed by atoms with E-state index in [0.29, 0.717) is 26.3 Å². The van der Waals surface area contributed by atoms with Crippen LogP contribution in [0.15, 0.2) is 10.2 Å². The number of carbonyl (C=O) groups excluding carboxylic acids is 2. The van der Waals surface area contributed by atoms with Crippen molar-refractivity contribution in [3.8, 4) is 0 Å². The maximum atomic E-state index is 11.1. The maximum absolute atomic E-state index is 11.1. The molecule has 0 aliphatic rings. The van der Waals surface area contributed by atoms with Gasteiger partial charge in [0.2, 0.25) is 0 Å². The third-order valence-corrected chi connectivity index (χ3v) is 2.07. The van der Waals surface area contributed by atoms with Crippen LogP contribution >= 0.6 is 0 Å². The van der Waals surface area contributed by atoms with Gasteiger partial charge < -0.3 is 24.8 Å². The number of nitrogens with one attached hydrogen (secondary N) is 2. The summed E-state index contributed by atoms with van der Waals surface area (Å²) in [5.41, 5.74) is 14.8. The molecule has 13 nitrogen and oxygen atoms in total. The lowest BCUT2D eigenvalue weighted by atomic mass is 10.2. The average Bonchev–Trinajstić information content (AvgIpc) is 2.51. The molecule has 28 heavy (non-hydrogen) atoms. The van der Waals surface area contributed by atoms with Crippen LogP contribution in [0.3, 0.4) is 0 Å². The molecule has 2 amide bonds. The first-order valence-electron chi connectivity index (χ1n) is 8.44. The molecule has 0 aromatic carbocycles. The molecular weight excluding hydrogens is 372 g/mol. The van der Waals surface area contributed by atoms with Gasteiger partial charge in [-0.05, 0) is 52.6 Å². The average molecular weight is 402 g/mol. The van der Waals surface area contributed by atoms with E-state index in [9.17, 15) is 9.59 Å². The lowest BCUT2D eigenvalue weighted by Crippen LogP contribution is -2.34.